The van der Waals surface area contributed by atoms with Gasteiger partial charge in [-0.05, 0) is 18.6 Å². The van der Waals surface area contributed by atoms with Crippen molar-refractivity contribution in [3.8, 4) is 0 Å². The average Bonchev–Trinajstić information content (AvgIpc) is 2.69. The van der Waals surface area contributed by atoms with Gasteiger partial charge in [0, 0.05) is 6.42 Å². The van der Waals surface area contributed by atoms with Crippen LogP contribution in [-0.2, 0) is 0 Å². The second-order valence-corrected chi connectivity index (χ2v) is 3.60. The van der Waals surface area contributed by atoms with Crippen LogP contribution in [0.25, 0.3) is 11.0 Å². The lowest BCUT2D eigenvalue weighted by Crippen LogP contribution is -2.08. The largest absolute Gasteiger partial charge is 0.274 e. The summed E-state index contributed by atoms with van der Waals surface area (Å²) >= 11 is 0. The molecule has 78 valence electrons. The molecule has 3 heteroatoms. The van der Waals surface area contributed by atoms with Gasteiger partial charge in [-0.25, -0.2) is 4.98 Å². The smallest absolute Gasteiger partial charge is 0.232 e. The topological polar surface area (TPSA) is 34.9 Å². The van der Waals surface area contributed by atoms with Gasteiger partial charge >= 0.3 is 0 Å². The Kier molecular flexibility index (Phi) is 2.81. The number of hydrogen-bond donors (Lipinski definition) is 0. The maximum Gasteiger partial charge on any atom is 0.232 e. The molecule has 0 fully saturated rings. The first-order chi connectivity index (χ1) is 7.33. The lowest BCUT2D eigenvalue weighted by molar-refractivity contribution is 0.0904. The molecular formula is C12H14N2O. The number of unbranched alkanes of at least 4 members (excludes halogenated alkanes) is 1. The zero-order chi connectivity index (χ0) is 10.7. The van der Waals surface area contributed by atoms with Crippen molar-refractivity contribution >= 4 is 16.9 Å². The predicted molar refractivity (Wildman–Crippen MR) is 59.9 cm³/mol. The fourth-order valence-corrected chi connectivity index (χ4v) is 1.61. The van der Waals surface area contributed by atoms with Crippen molar-refractivity contribution in [2.24, 2.45) is 0 Å². The highest BCUT2D eigenvalue weighted by atomic mass is 16.2. The van der Waals surface area contributed by atoms with Crippen LogP contribution in [0.1, 0.15) is 31.0 Å². The molecule has 1 aromatic carbocycles. The highest BCUT2D eigenvalue weighted by Crippen LogP contribution is 2.12. The minimum absolute atomic E-state index is 0.130. The molecule has 0 aliphatic heterocycles. The monoisotopic (exact) mass is 202 g/mol. The molecule has 0 aliphatic rings. The van der Waals surface area contributed by atoms with E-state index in [9.17, 15) is 4.79 Å². The zero-order valence-corrected chi connectivity index (χ0v) is 8.81. The Labute approximate surface area is 88.7 Å². The molecule has 0 saturated carbocycles. The standard InChI is InChI=1S/C12H14N2O/c1-2-3-8-12(15)14-9-13-10-6-4-5-7-11(10)14/h4-7,9H,2-3,8H2,1H3. The number of imidazole rings is 1. The van der Waals surface area contributed by atoms with Crippen molar-refractivity contribution in [2.45, 2.75) is 26.2 Å². The summed E-state index contributed by atoms with van der Waals surface area (Å²) < 4.78 is 1.64. The first-order valence-corrected chi connectivity index (χ1v) is 5.28. The minimum atomic E-state index is 0.130. The Morgan fingerprint density at radius 3 is 3.00 bits per heavy atom. The number of hydrogen-bond acceptors (Lipinski definition) is 2. The maximum atomic E-state index is 11.8. The molecule has 2 aromatic rings. The third-order valence-corrected chi connectivity index (χ3v) is 2.47. The highest BCUT2D eigenvalue weighted by Gasteiger charge is 2.08. The number of aromatic nitrogens is 2. The van der Waals surface area contributed by atoms with E-state index in [2.05, 4.69) is 11.9 Å². The molecule has 0 radical (unpaired) electrons. The van der Waals surface area contributed by atoms with Crippen LogP contribution >= 0.6 is 0 Å². The Balaban J connectivity index is 2.31. The number of nitrogens with zero attached hydrogens (tertiary/aromatic N) is 2. The summed E-state index contributed by atoms with van der Waals surface area (Å²) in [6.45, 7) is 2.08. The van der Waals surface area contributed by atoms with Gasteiger partial charge in [0.05, 0.1) is 11.0 Å². The summed E-state index contributed by atoms with van der Waals surface area (Å²) in [4.78, 5) is 16.0. The first-order valence-electron chi connectivity index (χ1n) is 5.28. The van der Waals surface area contributed by atoms with E-state index in [-0.39, 0.29) is 5.91 Å². The molecule has 0 atom stereocenters. The van der Waals surface area contributed by atoms with E-state index >= 15 is 0 Å². The summed E-state index contributed by atoms with van der Waals surface area (Å²) in [5.74, 6) is 0.130. The number of carbonyl (C=O) groups excluding carboxylic acids is 1. The minimum Gasteiger partial charge on any atom is -0.274 e. The molecule has 2 rings (SSSR count). The molecule has 0 bridgehead atoms. The molecule has 0 N–H and O–H groups in total. The third kappa shape index (κ3) is 1.91. The SMILES string of the molecule is CCCCC(=O)n1cnc2ccccc21. The number of fused-ring (bicyclic) bond motifs is 1. The van der Waals surface area contributed by atoms with E-state index in [4.69, 9.17) is 0 Å². The van der Waals surface area contributed by atoms with Crippen LogP contribution in [0.2, 0.25) is 0 Å². The van der Waals surface area contributed by atoms with E-state index in [0.717, 1.165) is 23.9 Å². The van der Waals surface area contributed by atoms with Gasteiger partial charge in [0.1, 0.15) is 6.33 Å². The van der Waals surface area contributed by atoms with Crippen molar-refractivity contribution in [3.05, 3.63) is 30.6 Å². The summed E-state index contributed by atoms with van der Waals surface area (Å²) in [5, 5.41) is 0. The molecule has 1 aromatic heterocycles. The van der Waals surface area contributed by atoms with Gasteiger partial charge in [-0.1, -0.05) is 25.5 Å². The van der Waals surface area contributed by atoms with Gasteiger partial charge in [-0.2, -0.15) is 0 Å². The zero-order valence-electron chi connectivity index (χ0n) is 8.81. The van der Waals surface area contributed by atoms with Crippen LogP contribution < -0.4 is 0 Å². The van der Waals surface area contributed by atoms with E-state index in [1.54, 1.807) is 10.9 Å². The highest BCUT2D eigenvalue weighted by molar-refractivity contribution is 5.90. The number of para-hydroxylation sites is 2. The van der Waals surface area contributed by atoms with Crippen LogP contribution in [0, 0.1) is 0 Å². The van der Waals surface area contributed by atoms with Gasteiger partial charge < -0.3 is 0 Å². The normalized spacial score (nSPS) is 10.7. The van der Waals surface area contributed by atoms with Crippen molar-refractivity contribution in [1.29, 1.82) is 0 Å². The Hall–Kier alpha value is -1.64. The molecule has 0 aliphatic carbocycles. The third-order valence-electron chi connectivity index (χ3n) is 2.47. The lowest BCUT2D eigenvalue weighted by atomic mass is 10.2. The van der Waals surface area contributed by atoms with Crippen molar-refractivity contribution < 1.29 is 4.79 Å². The Morgan fingerprint density at radius 1 is 1.40 bits per heavy atom. The van der Waals surface area contributed by atoms with E-state index in [0.29, 0.717) is 6.42 Å². The van der Waals surface area contributed by atoms with E-state index < -0.39 is 0 Å². The second kappa shape index (κ2) is 4.26. The predicted octanol–water partition coefficient (Wildman–Crippen LogP) is 2.87. The molecular weight excluding hydrogens is 188 g/mol. The molecule has 1 heterocycles. The molecule has 0 amide bonds. The molecule has 0 spiro atoms. The fraction of sp³-hybridized carbons (Fsp3) is 0.333. The number of carbonyl (C=O) groups is 1. The lowest BCUT2D eigenvalue weighted by Gasteiger charge is -2.01. The van der Waals surface area contributed by atoms with Gasteiger partial charge in [-0.3, -0.25) is 9.36 Å². The fourth-order valence-electron chi connectivity index (χ4n) is 1.61. The van der Waals surface area contributed by atoms with Gasteiger partial charge in [-0.15, -0.1) is 0 Å². The summed E-state index contributed by atoms with van der Waals surface area (Å²) in [6, 6.07) is 7.69. The van der Waals surface area contributed by atoms with Crippen LogP contribution in [0.5, 0.6) is 0 Å². The maximum absolute atomic E-state index is 11.8. The van der Waals surface area contributed by atoms with Crippen LogP contribution in [0.3, 0.4) is 0 Å². The van der Waals surface area contributed by atoms with Crippen LogP contribution in [-0.4, -0.2) is 15.5 Å². The molecule has 0 unspecified atom stereocenters. The van der Waals surface area contributed by atoms with Crippen molar-refractivity contribution in [3.63, 3.8) is 0 Å². The summed E-state index contributed by atoms with van der Waals surface area (Å²) in [5.41, 5.74) is 1.78. The first kappa shape index (κ1) is 9.90. The Morgan fingerprint density at radius 2 is 2.20 bits per heavy atom. The summed E-state index contributed by atoms with van der Waals surface area (Å²) in [7, 11) is 0. The van der Waals surface area contributed by atoms with Crippen molar-refractivity contribution in [2.75, 3.05) is 0 Å². The number of benzene rings is 1. The van der Waals surface area contributed by atoms with Gasteiger partial charge in [0.2, 0.25) is 5.91 Å². The molecule has 0 saturated heterocycles. The van der Waals surface area contributed by atoms with E-state index in [1.807, 2.05) is 24.3 Å². The second-order valence-electron chi connectivity index (χ2n) is 3.60. The van der Waals surface area contributed by atoms with Crippen molar-refractivity contribution in [1.82, 2.24) is 9.55 Å². The quantitative estimate of drug-likeness (QED) is 0.767. The van der Waals surface area contributed by atoms with Gasteiger partial charge in [0.25, 0.3) is 0 Å². The molecule has 15 heavy (non-hydrogen) atoms. The average molecular weight is 202 g/mol. The van der Waals surface area contributed by atoms with Gasteiger partial charge in [0.15, 0.2) is 0 Å². The number of rotatable bonds is 3. The van der Waals surface area contributed by atoms with E-state index in [1.165, 1.54) is 0 Å². The Bertz CT molecular complexity index is 473. The summed E-state index contributed by atoms with van der Waals surface area (Å²) in [6.07, 6.45) is 4.18. The van der Waals surface area contributed by atoms with Crippen LogP contribution in [0.4, 0.5) is 0 Å². The molecule has 3 nitrogen and oxygen atoms in total. The van der Waals surface area contributed by atoms with Crippen LogP contribution in [0.15, 0.2) is 30.6 Å².